The van der Waals surface area contributed by atoms with Crippen molar-refractivity contribution in [3.63, 3.8) is 0 Å². The number of aliphatic hydroxyl groups is 4. The van der Waals surface area contributed by atoms with E-state index in [2.05, 4.69) is 36.1 Å². The summed E-state index contributed by atoms with van der Waals surface area (Å²) in [7, 11) is 0. The highest BCUT2D eigenvalue weighted by molar-refractivity contribution is 5.62. The summed E-state index contributed by atoms with van der Waals surface area (Å²) in [6, 6.07) is 14.0. The first kappa shape index (κ1) is 21.1. The summed E-state index contributed by atoms with van der Waals surface area (Å²) in [5, 5.41) is 40.1. The van der Waals surface area contributed by atoms with Gasteiger partial charge in [-0.1, -0.05) is 37.3 Å². The van der Waals surface area contributed by atoms with Gasteiger partial charge < -0.3 is 34.8 Å². The normalized spacial score (nSPS) is 28.7. The third kappa shape index (κ3) is 4.04. The third-order valence-electron chi connectivity index (χ3n) is 5.94. The maximum atomic E-state index is 10.5. The molecule has 4 rings (SSSR count). The molecule has 0 unspecified atom stereocenters. The van der Waals surface area contributed by atoms with Gasteiger partial charge >= 0.3 is 0 Å². The highest BCUT2D eigenvalue weighted by Crippen LogP contribution is 2.39. The van der Waals surface area contributed by atoms with E-state index in [1.165, 1.54) is 11.1 Å². The average molecular weight is 415 g/mol. The first-order valence-electron chi connectivity index (χ1n) is 10.4. The van der Waals surface area contributed by atoms with Crippen LogP contribution >= 0.6 is 0 Å². The molecule has 2 aromatic rings. The largest absolute Gasteiger partial charge is 0.490 e. The van der Waals surface area contributed by atoms with Crippen LogP contribution in [0.25, 0.3) is 0 Å². The van der Waals surface area contributed by atoms with Crippen molar-refractivity contribution in [2.75, 3.05) is 24.7 Å². The molecule has 0 spiro atoms. The van der Waals surface area contributed by atoms with Crippen molar-refractivity contribution in [3.05, 3.63) is 59.2 Å². The molecule has 7 heteroatoms. The Balaban J connectivity index is 1.62. The second-order valence-electron chi connectivity index (χ2n) is 7.92. The molecule has 2 heterocycles. The molecule has 2 aromatic carbocycles. The number of aryl methyl sites for hydroxylation is 1. The van der Waals surface area contributed by atoms with Crippen LogP contribution in [-0.2, 0) is 17.7 Å². The summed E-state index contributed by atoms with van der Waals surface area (Å²) in [5.74, 6) is 0.751. The Hall–Kier alpha value is -2.16. The lowest BCUT2D eigenvalue weighted by atomic mass is 9.91. The molecule has 0 radical (unpaired) electrons. The number of benzene rings is 2. The minimum absolute atomic E-state index is 0.449. The maximum Gasteiger partial charge on any atom is 0.142 e. The Morgan fingerprint density at radius 3 is 2.57 bits per heavy atom. The molecule has 7 nitrogen and oxygen atoms in total. The van der Waals surface area contributed by atoms with Gasteiger partial charge in [0.25, 0.3) is 0 Å². The van der Waals surface area contributed by atoms with E-state index in [9.17, 15) is 20.4 Å². The lowest BCUT2D eigenvalue weighted by Crippen LogP contribution is -2.55. The van der Waals surface area contributed by atoms with E-state index in [4.69, 9.17) is 9.47 Å². The van der Waals surface area contributed by atoms with E-state index in [1.54, 1.807) is 6.07 Å². The molecule has 1 saturated heterocycles. The molecule has 4 N–H and O–H groups in total. The third-order valence-corrected chi connectivity index (χ3v) is 5.94. The van der Waals surface area contributed by atoms with Gasteiger partial charge in [0.1, 0.15) is 42.9 Å². The van der Waals surface area contributed by atoms with E-state index in [0.29, 0.717) is 12.2 Å². The number of nitrogens with zero attached hydrogens (tertiary/aromatic N) is 1. The average Bonchev–Trinajstić information content (AvgIpc) is 2.78. The van der Waals surface area contributed by atoms with Gasteiger partial charge in [0.2, 0.25) is 0 Å². The summed E-state index contributed by atoms with van der Waals surface area (Å²) in [4.78, 5) is 2.22. The van der Waals surface area contributed by atoms with Crippen LogP contribution in [0.4, 0.5) is 5.69 Å². The Bertz CT molecular complexity index is 873. The first-order valence-corrected chi connectivity index (χ1v) is 10.4. The second kappa shape index (κ2) is 8.91. The molecule has 1 fully saturated rings. The first-order chi connectivity index (χ1) is 14.5. The van der Waals surface area contributed by atoms with E-state index in [-0.39, 0.29) is 0 Å². The van der Waals surface area contributed by atoms with Crippen LogP contribution in [0.1, 0.15) is 29.7 Å². The van der Waals surface area contributed by atoms with Crippen molar-refractivity contribution in [1.29, 1.82) is 0 Å². The lowest BCUT2D eigenvalue weighted by Gasteiger charge is -2.40. The SMILES string of the molecule is CCc1cccc(CN2CCOc3ccc([C@@H]4O[C@H](CO)[C@@H](O)[C@H](O)[C@H]4O)cc32)c1. The number of hydrogen-bond donors (Lipinski definition) is 4. The standard InChI is InChI=1S/C23H29NO6/c1-2-14-4-3-5-15(10-14)12-24-8-9-29-18-7-6-16(11-17(18)24)23-22(28)21(27)20(26)19(13-25)30-23/h3-7,10-11,19-23,25-28H,2,8-9,12-13H2,1H3/t19-,20-,21+,22-,23+/m1/s1. The minimum Gasteiger partial charge on any atom is -0.490 e. The summed E-state index contributed by atoms with van der Waals surface area (Å²) in [6.07, 6.45) is -4.90. The predicted octanol–water partition coefficient (Wildman–Crippen LogP) is 1.16. The number of rotatable bonds is 5. The molecule has 2 aliphatic heterocycles. The van der Waals surface area contributed by atoms with Crippen molar-refractivity contribution in [2.45, 2.75) is 50.4 Å². The molecular weight excluding hydrogens is 386 g/mol. The molecule has 30 heavy (non-hydrogen) atoms. The van der Waals surface area contributed by atoms with Crippen molar-refractivity contribution >= 4 is 5.69 Å². The van der Waals surface area contributed by atoms with Gasteiger partial charge in [-0.2, -0.15) is 0 Å². The molecular formula is C23H29NO6. The second-order valence-corrected chi connectivity index (χ2v) is 7.92. The van der Waals surface area contributed by atoms with Crippen LogP contribution in [0.3, 0.4) is 0 Å². The zero-order valence-electron chi connectivity index (χ0n) is 17.0. The Labute approximate surface area is 176 Å². The van der Waals surface area contributed by atoms with Crippen LogP contribution in [0, 0.1) is 0 Å². The predicted molar refractivity (Wildman–Crippen MR) is 112 cm³/mol. The molecule has 2 aliphatic rings. The van der Waals surface area contributed by atoms with E-state index < -0.39 is 37.1 Å². The summed E-state index contributed by atoms with van der Waals surface area (Å²) >= 11 is 0. The zero-order chi connectivity index (χ0) is 21.3. The van der Waals surface area contributed by atoms with Gasteiger partial charge in [-0.25, -0.2) is 0 Å². The number of anilines is 1. The van der Waals surface area contributed by atoms with Crippen LogP contribution in [0.5, 0.6) is 5.75 Å². The van der Waals surface area contributed by atoms with Crippen LogP contribution < -0.4 is 9.64 Å². The minimum atomic E-state index is -1.40. The summed E-state index contributed by atoms with van der Waals surface area (Å²) in [6.45, 7) is 3.72. The fourth-order valence-corrected chi connectivity index (χ4v) is 4.18. The molecule has 0 aliphatic carbocycles. The van der Waals surface area contributed by atoms with Gasteiger partial charge in [0.15, 0.2) is 0 Å². The molecule has 0 saturated carbocycles. The molecule has 162 valence electrons. The Morgan fingerprint density at radius 2 is 1.80 bits per heavy atom. The zero-order valence-corrected chi connectivity index (χ0v) is 17.0. The molecule has 0 aromatic heterocycles. The fraction of sp³-hybridized carbons (Fsp3) is 0.478. The topological polar surface area (TPSA) is 103 Å². The van der Waals surface area contributed by atoms with Crippen LogP contribution in [0.15, 0.2) is 42.5 Å². The summed E-state index contributed by atoms with van der Waals surface area (Å²) in [5.41, 5.74) is 4.04. The van der Waals surface area contributed by atoms with Crippen LogP contribution in [0.2, 0.25) is 0 Å². The molecule has 5 atom stereocenters. The van der Waals surface area contributed by atoms with Gasteiger partial charge in [-0.05, 0) is 35.2 Å². The molecule has 0 amide bonds. The quantitative estimate of drug-likeness (QED) is 0.581. The molecule has 0 bridgehead atoms. The smallest absolute Gasteiger partial charge is 0.142 e. The van der Waals surface area contributed by atoms with Crippen molar-refractivity contribution in [2.24, 2.45) is 0 Å². The van der Waals surface area contributed by atoms with Gasteiger partial charge in [0.05, 0.1) is 18.8 Å². The highest BCUT2D eigenvalue weighted by Gasteiger charge is 2.44. The maximum absolute atomic E-state index is 10.5. The lowest BCUT2D eigenvalue weighted by molar-refractivity contribution is -0.231. The van der Waals surface area contributed by atoms with Gasteiger partial charge in [-0.15, -0.1) is 0 Å². The Morgan fingerprint density at radius 1 is 1.00 bits per heavy atom. The van der Waals surface area contributed by atoms with Crippen LogP contribution in [-0.4, -0.2) is 64.6 Å². The van der Waals surface area contributed by atoms with Crippen molar-refractivity contribution < 1.29 is 29.9 Å². The van der Waals surface area contributed by atoms with Gasteiger partial charge in [-0.3, -0.25) is 0 Å². The van der Waals surface area contributed by atoms with E-state index in [1.807, 2.05) is 12.1 Å². The Kier molecular flexibility index (Phi) is 6.26. The van der Waals surface area contributed by atoms with E-state index in [0.717, 1.165) is 30.9 Å². The fourth-order valence-electron chi connectivity index (χ4n) is 4.18. The van der Waals surface area contributed by atoms with Crippen molar-refractivity contribution in [1.82, 2.24) is 0 Å². The highest BCUT2D eigenvalue weighted by atomic mass is 16.5. The summed E-state index contributed by atoms with van der Waals surface area (Å²) < 4.78 is 11.5. The van der Waals surface area contributed by atoms with E-state index >= 15 is 0 Å². The number of hydrogen-bond acceptors (Lipinski definition) is 7. The monoisotopic (exact) mass is 415 g/mol. The van der Waals surface area contributed by atoms with Gasteiger partial charge in [0, 0.05) is 6.54 Å². The number of fused-ring (bicyclic) bond motifs is 1. The number of aliphatic hydroxyl groups excluding tert-OH is 4. The van der Waals surface area contributed by atoms with Crippen molar-refractivity contribution in [3.8, 4) is 5.75 Å². The number of ether oxygens (including phenoxy) is 2.